The molecule has 0 amide bonds. The summed E-state index contributed by atoms with van der Waals surface area (Å²) in [6.45, 7) is 4.50. The Labute approximate surface area is 162 Å². The molecule has 150 valence electrons. The molecule has 2 N–H and O–H groups in total. The molecule has 1 aliphatic rings. The summed E-state index contributed by atoms with van der Waals surface area (Å²) >= 11 is 0. The molecule has 0 bridgehead atoms. The average molecular weight is 427 g/mol. The maximum absolute atomic E-state index is 12.5. The Bertz CT molecular complexity index is 766. The van der Waals surface area contributed by atoms with Gasteiger partial charge in [0.25, 0.3) is 0 Å². The third kappa shape index (κ3) is 6.70. The van der Waals surface area contributed by atoms with Crippen molar-refractivity contribution in [2.75, 3.05) is 24.7 Å². The molecule has 1 fully saturated rings. The number of halogens is 1. The quantitative estimate of drug-likeness (QED) is 0.650. The molecule has 1 heterocycles. The molecule has 26 heavy (non-hydrogen) atoms. The van der Waals surface area contributed by atoms with E-state index < -0.39 is 19.9 Å². The molecule has 2 atom stereocenters. The Morgan fingerprint density at radius 3 is 2.42 bits per heavy atom. The van der Waals surface area contributed by atoms with Gasteiger partial charge in [-0.25, -0.2) is 21.6 Å². The van der Waals surface area contributed by atoms with E-state index in [1.807, 2.05) is 6.92 Å². The van der Waals surface area contributed by atoms with Crippen LogP contribution in [0.2, 0.25) is 0 Å². The molecule has 1 aliphatic heterocycles. The molecule has 0 spiro atoms. The highest BCUT2D eigenvalue weighted by atomic mass is 35.5. The topological polar surface area (TPSA) is 102 Å². The second-order valence-corrected chi connectivity index (χ2v) is 10.4. The Hall–Kier alpha value is -0.870. The molecular weight excluding hydrogens is 400 g/mol. The predicted octanol–water partition coefficient (Wildman–Crippen LogP) is 1.34. The van der Waals surface area contributed by atoms with Gasteiger partial charge in [0.05, 0.1) is 10.6 Å². The Balaban J connectivity index is 0.00000338. The highest BCUT2D eigenvalue weighted by molar-refractivity contribution is 7.91. The molecule has 0 saturated carbocycles. The van der Waals surface area contributed by atoms with Crippen LogP contribution < -0.4 is 14.8 Å². The van der Waals surface area contributed by atoms with Gasteiger partial charge in [0.1, 0.15) is 12.4 Å². The van der Waals surface area contributed by atoms with Gasteiger partial charge in [-0.2, -0.15) is 0 Å². The lowest BCUT2D eigenvalue weighted by atomic mass is 10.0. The van der Waals surface area contributed by atoms with E-state index in [-0.39, 0.29) is 47.5 Å². The van der Waals surface area contributed by atoms with E-state index in [1.165, 1.54) is 24.3 Å². The van der Waals surface area contributed by atoms with Crippen molar-refractivity contribution in [2.45, 2.75) is 43.7 Å². The van der Waals surface area contributed by atoms with E-state index in [0.717, 1.165) is 19.4 Å². The van der Waals surface area contributed by atoms with Crippen molar-refractivity contribution in [1.29, 1.82) is 0 Å². The third-order valence-electron chi connectivity index (χ3n) is 4.31. The predicted molar refractivity (Wildman–Crippen MR) is 104 cm³/mol. The summed E-state index contributed by atoms with van der Waals surface area (Å²) in [5, 5.41) is 3.26. The van der Waals surface area contributed by atoms with Crippen LogP contribution in [-0.2, 0) is 19.9 Å². The molecule has 0 radical (unpaired) electrons. The molecule has 2 rings (SSSR count). The number of rotatable bonds is 8. The van der Waals surface area contributed by atoms with Crippen LogP contribution in [0.25, 0.3) is 0 Å². The van der Waals surface area contributed by atoms with Gasteiger partial charge in [0, 0.05) is 17.8 Å². The first kappa shape index (κ1) is 23.2. The van der Waals surface area contributed by atoms with Crippen molar-refractivity contribution in [3.63, 3.8) is 0 Å². The molecule has 1 saturated heterocycles. The Morgan fingerprint density at radius 1 is 1.19 bits per heavy atom. The zero-order valence-corrected chi connectivity index (χ0v) is 17.4. The van der Waals surface area contributed by atoms with Crippen LogP contribution in [-0.4, -0.2) is 53.6 Å². The number of sulfone groups is 1. The number of piperidine rings is 1. The largest absolute Gasteiger partial charge is 0.493 e. The van der Waals surface area contributed by atoms with Gasteiger partial charge in [0.2, 0.25) is 10.0 Å². The second-order valence-electron chi connectivity index (χ2n) is 6.17. The summed E-state index contributed by atoms with van der Waals surface area (Å²) in [5.41, 5.74) is 0. The molecule has 2 unspecified atom stereocenters. The summed E-state index contributed by atoms with van der Waals surface area (Å²) < 4.78 is 55.9. The van der Waals surface area contributed by atoms with E-state index in [9.17, 15) is 16.8 Å². The molecular formula is C16H27ClN2O5S2. The SMILES string of the molecule is CCS(=O)(=O)CCOc1ccc(S(=O)(=O)NC2CCCNC2C)cc1.Cl. The Morgan fingerprint density at radius 2 is 1.85 bits per heavy atom. The van der Waals surface area contributed by atoms with E-state index in [0.29, 0.717) is 5.75 Å². The van der Waals surface area contributed by atoms with Crippen LogP contribution in [0.4, 0.5) is 0 Å². The minimum Gasteiger partial charge on any atom is -0.493 e. The minimum absolute atomic E-state index is 0. The number of nitrogens with one attached hydrogen (secondary N) is 2. The van der Waals surface area contributed by atoms with Gasteiger partial charge < -0.3 is 10.1 Å². The highest BCUT2D eigenvalue weighted by Crippen LogP contribution is 2.18. The van der Waals surface area contributed by atoms with Gasteiger partial charge >= 0.3 is 0 Å². The summed E-state index contributed by atoms with van der Waals surface area (Å²) in [6, 6.07) is 5.96. The number of sulfonamides is 1. The van der Waals surface area contributed by atoms with Gasteiger partial charge in [-0.15, -0.1) is 12.4 Å². The number of benzene rings is 1. The second kappa shape index (κ2) is 9.89. The zero-order valence-electron chi connectivity index (χ0n) is 15.0. The maximum atomic E-state index is 12.5. The van der Waals surface area contributed by atoms with Crippen molar-refractivity contribution in [3.8, 4) is 5.75 Å². The van der Waals surface area contributed by atoms with Crippen LogP contribution in [0.15, 0.2) is 29.2 Å². The number of hydrogen-bond donors (Lipinski definition) is 2. The lowest BCUT2D eigenvalue weighted by Crippen LogP contribution is -2.51. The van der Waals surface area contributed by atoms with Crippen LogP contribution in [0.1, 0.15) is 26.7 Å². The van der Waals surface area contributed by atoms with Crippen LogP contribution in [0.5, 0.6) is 5.75 Å². The normalized spacial score (nSPS) is 21.0. The lowest BCUT2D eigenvalue weighted by molar-refractivity contribution is 0.340. The van der Waals surface area contributed by atoms with Crippen molar-refractivity contribution in [3.05, 3.63) is 24.3 Å². The fourth-order valence-electron chi connectivity index (χ4n) is 2.62. The van der Waals surface area contributed by atoms with Gasteiger partial charge in [-0.1, -0.05) is 6.92 Å². The van der Waals surface area contributed by atoms with Crippen molar-refractivity contribution < 1.29 is 21.6 Å². The van der Waals surface area contributed by atoms with E-state index >= 15 is 0 Å². The van der Waals surface area contributed by atoms with Crippen LogP contribution >= 0.6 is 12.4 Å². The van der Waals surface area contributed by atoms with Crippen LogP contribution in [0, 0.1) is 0 Å². The first-order chi connectivity index (χ1) is 11.7. The van der Waals surface area contributed by atoms with Crippen molar-refractivity contribution in [1.82, 2.24) is 10.0 Å². The van der Waals surface area contributed by atoms with Crippen molar-refractivity contribution >= 4 is 32.3 Å². The summed E-state index contributed by atoms with van der Waals surface area (Å²) in [5.74, 6) is 0.462. The zero-order chi connectivity index (χ0) is 18.5. The fourth-order valence-corrected chi connectivity index (χ4v) is 4.60. The summed E-state index contributed by atoms with van der Waals surface area (Å²) in [4.78, 5) is 0.166. The van der Waals surface area contributed by atoms with E-state index in [2.05, 4.69) is 10.0 Å². The first-order valence-electron chi connectivity index (χ1n) is 8.42. The van der Waals surface area contributed by atoms with Crippen molar-refractivity contribution in [2.24, 2.45) is 0 Å². The van der Waals surface area contributed by atoms with Gasteiger partial charge in [-0.05, 0) is 50.6 Å². The minimum atomic E-state index is -3.60. The van der Waals surface area contributed by atoms with E-state index in [4.69, 9.17) is 4.74 Å². The molecule has 1 aromatic carbocycles. The monoisotopic (exact) mass is 426 g/mol. The third-order valence-corrected chi connectivity index (χ3v) is 7.48. The summed E-state index contributed by atoms with van der Waals surface area (Å²) in [6.07, 6.45) is 1.74. The summed E-state index contributed by atoms with van der Waals surface area (Å²) in [7, 11) is -6.68. The lowest BCUT2D eigenvalue weighted by Gasteiger charge is -2.30. The molecule has 10 heteroatoms. The van der Waals surface area contributed by atoms with E-state index in [1.54, 1.807) is 6.92 Å². The fraction of sp³-hybridized carbons (Fsp3) is 0.625. The molecule has 7 nitrogen and oxygen atoms in total. The number of hydrogen-bond acceptors (Lipinski definition) is 6. The molecule has 0 aromatic heterocycles. The molecule has 0 aliphatic carbocycles. The van der Waals surface area contributed by atoms with Gasteiger partial charge in [0.15, 0.2) is 9.84 Å². The number of ether oxygens (including phenoxy) is 1. The van der Waals surface area contributed by atoms with Crippen LogP contribution in [0.3, 0.4) is 0 Å². The average Bonchev–Trinajstić information content (AvgIpc) is 2.57. The first-order valence-corrected chi connectivity index (χ1v) is 11.7. The molecule has 1 aromatic rings. The van der Waals surface area contributed by atoms with Gasteiger partial charge in [-0.3, -0.25) is 0 Å². The maximum Gasteiger partial charge on any atom is 0.240 e. The smallest absolute Gasteiger partial charge is 0.240 e. The Kier molecular flexibility index (Phi) is 8.81. The standard InChI is InChI=1S/C16H26N2O5S2.ClH/c1-3-24(19,20)12-11-23-14-6-8-15(9-7-14)25(21,22)18-16-5-4-10-17-13(16)2;/h6-9,13,16-18H,3-5,10-12H2,1-2H3;1H. The highest BCUT2D eigenvalue weighted by Gasteiger charge is 2.26.